The molecule has 0 radical (unpaired) electrons. The van der Waals surface area contributed by atoms with Crippen LogP contribution in [0.1, 0.15) is 118 Å². The Hall–Kier alpha value is -3.94. The quantitative estimate of drug-likeness (QED) is 0.270. The minimum Gasteiger partial charge on any atom is -0.506 e. The Morgan fingerprint density at radius 1 is 0.959 bits per heavy atom. The number of aliphatic hydroxyl groups is 1. The van der Waals surface area contributed by atoms with E-state index in [1.807, 2.05) is 65.8 Å². The molecule has 1 aromatic rings. The molecule has 8 heteroatoms. The lowest BCUT2D eigenvalue weighted by molar-refractivity contribution is -0.125. The number of hydrogen-bond donors (Lipinski definition) is 2. The Morgan fingerprint density at radius 2 is 1.65 bits per heavy atom. The van der Waals surface area contributed by atoms with Crippen molar-refractivity contribution >= 4 is 40.3 Å². The molecule has 4 aliphatic rings. The molecular formula is C41H56N4O4. The van der Waals surface area contributed by atoms with Crippen molar-refractivity contribution in [2.45, 2.75) is 120 Å². The Morgan fingerprint density at radius 3 is 2.29 bits per heavy atom. The fourth-order valence-corrected chi connectivity index (χ4v) is 6.90. The molecule has 1 unspecified atom stereocenters. The Bertz CT molecular complexity index is 1690. The fourth-order valence-electron chi connectivity index (χ4n) is 6.90. The highest BCUT2D eigenvalue weighted by molar-refractivity contribution is 6.42. The minimum absolute atomic E-state index is 0.124. The normalized spacial score (nSPS) is 22.0. The standard InChI is InChI=1S/C41H56N4O4/c1-10-12-18-44-19-14-15-26-21-28(30(23-32(26)44)42-38(48)40(4,5)6)34-36(46)35(37(34)47)29-22-27-17-16-25(3)45(20-13-11-2)33(27)24-31(29)43-39(49)41(7,8)9/h21-25,46H,10-20H2,1-9H3,(H,43,49). The number of rotatable bonds is 8. The third-order valence-electron chi connectivity index (χ3n) is 10.1. The minimum atomic E-state index is -0.710. The van der Waals surface area contributed by atoms with Gasteiger partial charge in [0, 0.05) is 59.0 Å². The van der Waals surface area contributed by atoms with Crippen LogP contribution in [0.15, 0.2) is 57.5 Å². The number of amides is 2. The number of aryl methyl sites for hydroxylation is 1. The number of fused-ring (bicyclic) bond motifs is 2. The number of aliphatic hydroxyl groups excluding tert-OH is 1. The average Bonchev–Trinajstić information content (AvgIpc) is 3.03. The zero-order valence-corrected chi connectivity index (χ0v) is 31.2. The number of carbonyl (C=O) groups excluding carboxylic acids is 3. The number of nitrogens with zero attached hydrogens (tertiary/aromatic N) is 3. The van der Waals surface area contributed by atoms with Gasteiger partial charge in [0.1, 0.15) is 5.76 Å². The van der Waals surface area contributed by atoms with Crippen molar-refractivity contribution in [2.75, 3.05) is 29.9 Å². The lowest BCUT2D eigenvalue weighted by atomic mass is 9.76. The molecule has 49 heavy (non-hydrogen) atoms. The number of unbranched alkanes of at least 4 members (excludes halogenated alkanes) is 2. The predicted molar refractivity (Wildman–Crippen MR) is 200 cm³/mol. The summed E-state index contributed by atoms with van der Waals surface area (Å²) in [5.41, 5.74) is 5.24. The molecule has 2 aliphatic heterocycles. The van der Waals surface area contributed by atoms with Gasteiger partial charge in [0.05, 0.1) is 22.5 Å². The zero-order chi connectivity index (χ0) is 35.8. The number of aliphatic imine (C=N–C) groups is 1. The van der Waals surface area contributed by atoms with E-state index in [-0.39, 0.29) is 34.5 Å². The van der Waals surface area contributed by atoms with Gasteiger partial charge >= 0.3 is 0 Å². The number of hydrogen-bond acceptors (Lipinski definition) is 6. The van der Waals surface area contributed by atoms with Gasteiger partial charge in [-0.05, 0) is 80.9 Å². The number of piperidine rings is 1. The first-order valence-electron chi connectivity index (χ1n) is 18.4. The maximum absolute atomic E-state index is 14.3. The van der Waals surface area contributed by atoms with Gasteiger partial charge in [0.15, 0.2) is 0 Å². The summed E-state index contributed by atoms with van der Waals surface area (Å²) in [5, 5.41) is 14.9. The van der Waals surface area contributed by atoms with Crippen LogP contribution < -0.4 is 10.2 Å². The summed E-state index contributed by atoms with van der Waals surface area (Å²) in [6.45, 7) is 20.4. The summed E-state index contributed by atoms with van der Waals surface area (Å²) >= 11 is 0. The van der Waals surface area contributed by atoms with Crippen LogP contribution in [0.4, 0.5) is 11.4 Å². The van der Waals surface area contributed by atoms with Crippen molar-refractivity contribution in [2.24, 2.45) is 15.8 Å². The number of carbonyl (C=O) groups is 3. The summed E-state index contributed by atoms with van der Waals surface area (Å²) in [6, 6.07) is 4.34. The van der Waals surface area contributed by atoms with E-state index in [1.165, 1.54) is 0 Å². The third kappa shape index (κ3) is 7.34. The Labute approximate surface area is 293 Å². The van der Waals surface area contributed by atoms with E-state index in [4.69, 9.17) is 0 Å². The summed E-state index contributed by atoms with van der Waals surface area (Å²) in [6.07, 6.45) is 11.8. The molecule has 2 heterocycles. The molecule has 0 spiro atoms. The van der Waals surface area contributed by atoms with E-state index < -0.39 is 10.8 Å². The summed E-state index contributed by atoms with van der Waals surface area (Å²) in [7, 11) is 0. The van der Waals surface area contributed by atoms with E-state index in [2.05, 4.69) is 40.9 Å². The van der Waals surface area contributed by atoms with Gasteiger partial charge in [-0.25, -0.2) is 4.99 Å². The van der Waals surface area contributed by atoms with Crippen LogP contribution in [0.3, 0.4) is 0 Å². The molecule has 1 saturated heterocycles. The average molecular weight is 669 g/mol. The maximum Gasteiger partial charge on any atom is 0.251 e. The summed E-state index contributed by atoms with van der Waals surface area (Å²) in [5.74, 6) is -0.891. The van der Waals surface area contributed by atoms with Crippen molar-refractivity contribution in [1.82, 2.24) is 4.90 Å². The molecule has 0 saturated carbocycles. The fraction of sp³-hybridized carbons (Fsp3) is 0.561. The lowest BCUT2D eigenvalue weighted by Gasteiger charge is -2.38. The first kappa shape index (κ1) is 36.3. The monoisotopic (exact) mass is 668 g/mol. The second-order valence-electron chi connectivity index (χ2n) is 16.2. The van der Waals surface area contributed by atoms with Gasteiger partial charge < -0.3 is 20.2 Å². The molecule has 1 atom stereocenters. The summed E-state index contributed by atoms with van der Waals surface area (Å²) in [4.78, 5) is 50.3. The van der Waals surface area contributed by atoms with Crippen LogP contribution >= 0.6 is 0 Å². The highest BCUT2D eigenvalue weighted by Gasteiger charge is 2.41. The first-order chi connectivity index (χ1) is 23.1. The second-order valence-corrected chi connectivity index (χ2v) is 16.2. The number of allylic oxidation sites excluding steroid dienone is 6. The SMILES string of the molecule is CCCCN1CCCC2=CC(=C3C(=O)C(c4cc5c(cc4NC(=O)C(C)(C)C)N(CCCC)C(C)CC5)=C3O)C(=NC(=O)C(C)(C)C)C=C21. The molecule has 2 amide bonds. The molecule has 1 fully saturated rings. The number of anilines is 2. The highest BCUT2D eigenvalue weighted by atomic mass is 16.3. The lowest BCUT2D eigenvalue weighted by Crippen LogP contribution is -2.38. The highest BCUT2D eigenvalue weighted by Crippen LogP contribution is 2.46. The summed E-state index contributed by atoms with van der Waals surface area (Å²) < 4.78 is 0. The van der Waals surface area contributed by atoms with Crippen molar-refractivity contribution < 1.29 is 19.5 Å². The Kier molecular flexibility index (Phi) is 10.5. The number of benzene rings is 1. The largest absolute Gasteiger partial charge is 0.506 e. The van der Waals surface area contributed by atoms with E-state index in [0.717, 1.165) is 93.5 Å². The van der Waals surface area contributed by atoms with Crippen LogP contribution in [-0.4, -0.2) is 59.0 Å². The van der Waals surface area contributed by atoms with Gasteiger partial charge in [-0.2, -0.15) is 0 Å². The Balaban J connectivity index is 1.67. The van der Waals surface area contributed by atoms with Crippen LogP contribution in [0.25, 0.3) is 5.57 Å². The zero-order valence-electron chi connectivity index (χ0n) is 31.2. The van der Waals surface area contributed by atoms with Crippen molar-refractivity contribution in [3.8, 4) is 0 Å². The van der Waals surface area contributed by atoms with E-state index >= 15 is 0 Å². The molecule has 8 nitrogen and oxygen atoms in total. The molecule has 2 N–H and O–H groups in total. The third-order valence-corrected chi connectivity index (χ3v) is 10.1. The van der Waals surface area contributed by atoms with Gasteiger partial charge in [-0.15, -0.1) is 0 Å². The number of ketones is 1. The van der Waals surface area contributed by atoms with E-state index in [9.17, 15) is 19.5 Å². The van der Waals surface area contributed by atoms with Crippen molar-refractivity contribution in [3.05, 3.63) is 63.6 Å². The van der Waals surface area contributed by atoms with Gasteiger partial charge in [0.2, 0.25) is 11.7 Å². The molecule has 2 aliphatic carbocycles. The molecule has 264 valence electrons. The molecule has 5 rings (SSSR count). The number of Topliss-reactive ketones (excluding diaryl/α,β-unsaturated/α-hetero) is 1. The smallest absolute Gasteiger partial charge is 0.251 e. The van der Waals surface area contributed by atoms with Crippen LogP contribution in [0.2, 0.25) is 0 Å². The van der Waals surface area contributed by atoms with Crippen molar-refractivity contribution in [1.29, 1.82) is 0 Å². The molecule has 0 aromatic heterocycles. The topological polar surface area (TPSA) is 102 Å². The van der Waals surface area contributed by atoms with Crippen molar-refractivity contribution in [3.63, 3.8) is 0 Å². The van der Waals surface area contributed by atoms with Gasteiger partial charge in [-0.1, -0.05) is 68.2 Å². The van der Waals surface area contributed by atoms with E-state index in [0.29, 0.717) is 28.6 Å². The first-order valence-corrected chi connectivity index (χ1v) is 18.4. The number of nitrogens with one attached hydrogen (secondary N) is 1. The second kappa shape index (κ2) is 14.1. The number of likely N-dealkylation sites (tertiary alicyclic amines) is 1. The van der Waals surface area contributed by atoms with Crippen LogP contribution in [0, 0.1) is 10.8 Å². The van der Waals surface area contributed by atoms with Crippen LogP contribution in [0.5, 0.6) is 0 Å². The van der Waals surface area contributed by atoms with Gasteiger partial charge in [-0.3, -0.25) is 14.4 Å². The molecule has 1 aromatic carbocycles. The van der Waals surface area contributed by atoms with E-state index in [1.54, 1.807) is 0 Å². The van der Waals surface area contributed by atoms with Gasteiger partial charge in [0.25, 0.3) is 5.91 Å². The maximum atomic E-state index is 14.3. The predicted octanol–water partition coefficient (Wildman–Crippen LogP) is 8.49. The molecule has 0 bridgehead atoms. The molecular weight excluding hydrogens is 612 g/mol. The van der Waals surface area contributed by atoms with Crippen LogP contribution in [-0.2, 0) is 20.8 Å².